The quantitative estimate of drug-likeness (QED) is 0.857. The van der Waals surface area contributed by atoms with Crippen molar-refractivity contribution in [3.05, 3.63) is 58.6 Å². The molecule has 0 aliphatic carbocycles. The normalized spacial score (nSPS) is 11.1. The first-order valence-electron chi connectivity index (χ1n) is 6.55. The Labute approximate surface area is 139 Å². The standard InChI is InChI=1S/C15H15ClN2O4S/c1-22-14-7-4-11(8-13(14)16)15(19)18-9-10-2-5-12(6-3-10)23(17,20)21/h2-8H,9H2,1H3,(H,18,19)(H2,17,20,21). The molecule has 0 fully saturated rings. The number of nitrogens with two attached hydrogens (primary N) is 1. The molecular formula is C15H15ClN2O4S. The van der Waals surface area contributed by atoms with E-state index in [-0.39, 0.29) is 17.3 Å². The maximum absolute atomic E-state index is 12.1. The summed E-state index contributed by atoms with van der Waals surface area (Å²) >= 11 is 5.98. The number of benzene rings is 2. The second-order valence-electron chi connectivity index (χ2n) is 4.72. The molecule has 0 saturated heterocycles. The van der Waals surface area contributed by atoms with Crippen LogP contribution in [0.25, 0.3) is 0 Å². The number of carbonyl (C=O) groups excluding carboxylic acids is 1. The maximum atomic E-state index is 12.1. The van der Waals surface area contributed by atoms with Crippen molar-refractivity contribution in [2.24, 2.45) is 5.14 Å². The molecule has 2 aromatic carbocycles. The second-order valence-corrected chi connectivity index (χ2v) is 6.69. The van der Waals surface area contributed by atoms with Crippen LogP contribution in [-0.2, 0) is 16.6 Å². The number of amides is 1. The molecule has 8 heteroatoms. The number of halogens is 1. The van der Waals surface area contributed by atoms with Crippen molar-refractivity contribution in [2.45, 2.75) is 11.4 Å². The molecule has 0 heterocycles. The number of carbonyl (C=O) groups is 1. The van der Waals surface area contributed by atoms with Crippen molar-refractivity contribution in [1.29, 1.82) is 0 Å². The van der Waals surface area contributed by atoms with Gasteiger partial charge in [0, 0.05) is 12.1 Å². The predicted molar refractivity (Wildman–Crippen MR) is 87.0 cm³/mol. The molecule has 0 atom stereocenters. The van der Waals surface area contributed by atoms with Crippen molar-refractivity contribution in [3.8, 4) is 5.75 Å². The summed E-state index contributed by atoms with van der Waals surface area (Å²) in [4.78, 5) is 12.1. The van der Waals surface area contributed by atoms with Gasteiger partial charge in [-0.05, 0) is 35.9 Å². The van der Waals surface area contributed by atoms with Gasteiger partial charge in [0.15, 0.2) is 0 Å². The minimum Gasteiger partial charge on any atom is -0.495 e. The number of sulfonamides is 1. The molecule has 3 N–H and O–H groups in total. The maximum Gasteiger partial charge on any atom is 0.251 e. The Kier molecular flexibility index (Phi) is 5.25. The first-order valence-corrected chi connectivity index (χ1v) is 8.47. The topological polar surface area (TPSA) is 98.5 Å². The Morgan fingerprint density at radius 1 is 1.22 bits per heavy atom. The molecule has 0 bridgehead atoms. The van der Waals surface area contributed by atoms with Gasteiger partial charge < -0.3 is 10.1 Å². The van der Waals surface area contributed by atoms with E-state index in [1.807, 2.05) is 0 Å². The average molecular weight is 355 g/mol. The zero-order valence-corrected chi connectivity index (χ0v) is 13.8. The average Bonchev–Trinajstić information content (AvgIpc) is 2.52. The minimum atomic E-state index is -3.72. The van der Waals surface area contributed by atoms with Gasteiger partial charge in [0.1, 0.15) is 5.75 Å². The molecular weight excluding hydrogens is 340 g/mol. The molecule has 0 aliphatic rings. The van der Waals surface area contributed by atoms with Crippen LogP contribution in [0.15, 0.2) is 47.4 Å². The monoisotopic (exact) mass is 354 g/mol. The number of primary sulfonamides is 1. The Balaban J connectivity index is 2.03. The number of nitrogens with one attached hydrogen (secondary N) is 1. The number of ether oxygens (including phenoxy) is 1. The van der Waals surface area contributed by atoms with E-state index in [4.69, 9.17) is 21.5 Å². The molecule has 0 aromatic heterocycles. The van der Waals surface area contributed by atoms with E-state index in [0.29, 0.717) is 16.3 Å². The zero-order valence-electron chi connectivity index (χ0n) is 12.2. The molecule has 0 spiro atoms. The van der Waals surface area contributed by atoms with E-state index in [0.717, 1.165) is 5.56 Å². The van der Waals surface area contributed by atoms with Crippen LogP contribution in [0.5, 0.6) is 5.75 Å². The summed E-state index contributed by atoms with van der Waals surface area (Å²) in [6.07, 6.45) is 0. The molecule has 0 aliphatic heterocycles. The molecule has 122 valence electrons. The van der Waals surface area contributed by atoms with E-state index in [2.05, 4.69) is 5.32 Å². The summed E-state index contributed by atoms with van der Waals surface area (Å²) in [7, 11) is -2.23. The fraction of sp³-hybridized carbons (Fsp3) is 0.133. The second kappa shape index (κ2) is 6.99. The smallest absolute Gasteiger partial charge is 0.251 e. The van der Waals surface area contributed by atoms with Crippen LogP contribution < -0.4 is 15.2 Å². The summed E-state index contributed by atoms with van der Waals surface area (Å²) in [5.41, 5.74) is 1.14. The van der Waals surface area contributed by atoms with Gasteiger partial charge in [-0.25, -0.2) is 13.6 Å². The molecule has 23 heavy (non-hydrogen) atoms. The van der Waals surface area contributed by atoms with Gasteiger partial charge in [-0.1, -0.05) is 23.7 Å². The highest BCUT2D eigenvalue weighted by Gasteiger charge is 2.10. The van der Waals surface area contributed by atoms with Crippen LogP contribution in [0.1, 0.15) is 15.9 Å². The van der Waals surface area contributed by atoms with Crippen molar-refractivity contribution in [3.63, 3.8) is 0 Å². The molecule has 0 unspecified atom stereocenters. The molecule has 0 saturated carbocycles. The van der Waals surface area contributed by atoms with Gasteiger partial charge >= 0.3 is 0 Å². The van der Waals surface area contributed by atoms with Gasteiger partial charge in [0.25, 0.3) is 5.91 Å². The van der Waals surface area contributed by atoms with Crippen LogP contribution in [0.3, 0.4) is 0 Å². The van der Waals surface area contributed by atoms with Gasteiger partial charge in [0.2, 0.25) is 10.0 Å². The third kappa shape index (κ3) is 4.44. The fourth-order valence-electron chi connectivity index (χ4n) is 1.89. The van der Waals surface area contributed by atoms with Crippen molar-refractivity contribution >= 4 is 27.5 Å². The third-order valence-corrected chi connectivity index (χ3v) is 4.34. The Morgan fingerprint density at radius 3 is 2.39 bits per heavy atom. The highest BCUT2D eigenvalue weighted by atomic mass is 35.5. The lowest BCUT2D eigenvalue weighted by Gasteiger charge is -2.08. The van der Waals surface area contributed by atoms with Gasteiger partial charge in [-0.2, -0.15) is 0 Å². The summed E-state index contributed by atoms with van der Waals surface area (Å²) in [6.45, 7) is 0.243. The lowest BCUT2D eigenvalue weighted by atomic mass is 10.2. The van der Waals surface area contributed by atoms with Crippen molar-refractivity contribution in [2.75, 3.05) is 7.11 Å². The minimum absolute atomic E-state index is 0.0227. The lowest BCUT2D eigenvalue weighted by Crippen LogP contribution is -2.22. The first-order chi connectivity index (χ1) is 10.8. The largest absolute Gasteiger partial charge is 0.495 e. The van der Waals surface area contributed by atoms with Crippen LogP contribution in [-0.4, -0.2) is 21.4 Å². The highest BCUT2D eigenvalue weighted by Crippen LogP contribution is 2.24. The van der Waals surface area contributed by atoms with Crippen LogP contribution in [0, 0.1) is 0 Å². The predicted octanol–water partition coefficient (Wildman–Crippen LogP) is 1.93. The van der Waals surface area contributed by atoms with Gasteiger partial charge in [-0.3, -0.25) is 4.79 Å². The number of rotatable bonds is 5. The molecule has 6 nitrogen and oxygen atoms in total. The van der Waals surface area contributed by atoms with E-state index in [1.54, 1.807) is 24.3 Å². The van der Waals surface area contributed by atoms with E-state index in [1.165, 1.54) is 25.3 Å². The summed E-state index contributed by atoms with van der Waals surface area (Å²) in [6, 6.07) is 10.7. The third-order valence-electron chi connectivity index (χ3n) is 3.12. The van der Waals surface area contributed by atoms with Crippen LogP contribution in [0.4, 0.5) is 0 Å². The van der Waals surface area contributed by atoms with Crippen molar-refractivity contribution in [1.82, 2.24) is 5.32 Å². The van der Waals surface area contributed by atoms with E-state index >= 15 is 0 Å². The first kappa shape index (κ1) is 17.3. The SMILES string of the molecule is COc1ccc(C(=O)NCc2ccc(S(N)(=O)=O)cc2)cc1Cl. The summed E-state index contributed by atoms with van der Waals surface area (Å²) in [5, 5.41) is 8.09. The van der Waals surface area contributed by atoms with Gasteiger partial charge in [0.05, 0.1) is 17.0 Å². The molecule has 0 radical (unpaired) electrons. The Morgan fingerprint density at radius 2 is 1.87 bits per heavy atom. The number of hydrogen-bond donors (Lipinski definition) is 2. The highest BCUT2D eigenvalue weighted by molar-refractivity contribution is 7.89. The summed E-state index contributed by atoms with van der Waals surface area (Å²) < 4.78 is 27.4. The van der Waals surface area contributed by atoms with Crippen LogP contribution >= 0.6 is 11.6 Å². The Hall–Kier alpha value is -2.09. The van der Waals surface area contributed by atoms with E-state index in [9.17, 15) is 13.2 Å². The number of methoxy groups -OCH3 is 1. The molecule has 2 aromatic rings. The Bertz CT molecular complexity index is 820. The zero-order chi connectivity index (χ0) is 17.0. The fourth-order valence-corrected chi connectivity index (χ4v) is 2.66. The number of hydrogen-bond acceptors (Lipinski definition) is 4. The molecule has 2 rings (SSSR count). The van der Waals surface area contributed by atoms with Gasteiger partial charge in [-0.15, -0.1) is 0 Å². The lowest BCUT2D eigenvalue weighted by molar-refractivity contribution is 0.0951. The van der Waals surface area contributed by atoms with Crippen LogP contribution in [0.2, 0.25) is 5.02 Å². The van der Waals surface area contributed by atoms with Crippen molar-refractivity contribution < 1.29 is 17.9 Å². The van der Waals surface area contributed by atoms with E-state index < -0.39 is 10.0 Å². The summed E-state index contributed by atoms with van der Waals surface area (Å²) in [5.74, 6) is 0.187. The molecule has 1 amide bonds.